The second-order valence-corrected chi connectivity index (χ2v) is 4.43. The van der Waals surface area contributed by atoms with Crippen molar-refractivity contribution in [1.82, 2.24) is 15.3 Å². The molecule has 0 fully saturated rings. The lowest BCUT2D eigenvalue weighted by Gasteiger charge is -2.22. The van der Waals surface area contributed by atoms with Crippen LogP contribution in [0, 0.1) is 5.92 Å². The average molecular weight is 251 g/mol. The molecule has 2 N–H and O–H groups in total. The third kappa shape index (κ3) is 3.77. The van der Waals surface area contributed by atoms with Crippen molar-refractivity contribution in [3.05, 3.63) is 23.8 Å². The summed E-state index contributed by atoms with van der Waals surface area (Å²) in [5, 5.41) is 12.4. The molecular formula is C13H21N3O2. The molecule has 0 aliphatic heterocycles. The minimum Gasteiger partial charge on any atom is -0.478 e. The number of hydrogen-bond acceptors (Lipinski definition) is 4. The van der Waals surface area contributed by atoms with Gasteiger partial charge < -0.3 is 10.4 Å². The zero-order valence-corrected chi connectivity index (χ0v) is 11.2. The molecule has 0 bridgehead atoms. The van der Waals surface area contributed by atoms with Crippen LogP contribution in [0.5, 0.6) is 0 Å². The standard InChI is InChI=1S/C13H21N3O2/c1-4-10(5-2)9(3)15-7-12-11(13(17)18)6-14-8-16-12/h6,8-10,15H,4-5,7H2,1-3H3,(H,17,18). The van der Waals surface area contributed by atoms with Crippen molar-refractivity contribution in [2.45, 2.75) is 46.2 Å². The topological polar surface area (TPSA) is 75.1 Å². The third-order valence-electron chi connectivity index (χ3n) is 3.37. The first kappa shape index (κ1) is 14.6. The molecule has 1 aromatic heterocycles. The van der Waals surface area contributed by atoms with Crippen LogP contribution in [0.4, 0.5) is 0 Å². The maximum absolute atomic E-state index is 11.0. The highest BCUT2D eigenvalue weighted by Crippen LogP contribution is 2.13. The van der Waals surface area contributed by atoms with Gasteiger partial charge in [0.25, 0.3) is 0 Å². The molecule has 0 aliphatic carbocycles. The van der Waals surface area contributed by atoms with E-state index in [-0.39, 0.29) is 5.56 Å². The highest BCUT2D eigenvalue weighted by atomic mass is 16.4. The predicted octanol–water partition coefficient (Wildman–Crippen LogP) is 2.09. The molecule has 100 valence electrons. The normalized spacial score (nSPS) is 12.7. The second kappa shape index (κ2) is 7.06. The van der Waals surface area contributed by atoms with Crippen LogP contribution in [0.1, 0.15) is 49.7 Å². The van der Waals surface area contributed by atoms with Gasteiger partial charge in [0.15, 0.2) is 0 Å². The van der Waals surface area contributed by atoms with Crippen molar-refractivity contribution >= 4 is 5.97 Å². The van der Waals surface area contributed by atoms with Gasteiger partial charge in [0.05, 0.1) is 5.69 Å². The maximum Gasteiger partial charge on any atom is 0.339 e. The number of carboxylic acid groups (broad SMARTS) is 1. The lowest BCUT2D eigenvalue weighted by Crippen LogP contribution is -2.33. The smallest absolute Gasteiger partial charge is 0.339 e. The summed E-state index contributed by atoms with van der Waals surface area (Å²) < 4.78 is 0. The molecule has 0 aromatic carbocycles. The Balaban J connectivity index is 2.66. The lowest BCUT2D eigenvalue weighted by molar-refractivity contribution is 0.0694. The van der Waals surface area contributed by atoms with Crippen LogP contribution in [0.2, 0.25) is 0 Å². The Kier molecular flexibility index (Phi) is 5.71. The molecule has 1 aromatic rings. The fraction of sp³-hybridized carbons (Fsp3) is 0.615. The molecule has 5 heteroatoms. The molecule has 0 radical (unpaired) electrons. The zero-order valence-electron chi connectivity index (χ0n) is 11.2. The van der Waals surface area contributed by atoms with Crippen LogP contribution in [-0.2, 0) is 6.54 Å². The summed E-state index contributed by atoms with van der Waals surface area (Å²) in [6.45, 7) is 6.92. The summed E-state index contributed by atoms with van der Waals surface area (Å²) in [4.78, 5) is 18.8. The minimum atomic E-state index is -0.984. The predicted molar refractivity (Wildman–Crippen MR) is 69.4 cm³/mol. The van der Waals surface area contributed by atoms with Crippen LogP contribution >= 0.6 is 0 Å². The average Bonchev–Trinajstić information content (AvgIpc) is 2.38. The number of hydrogen-bond donors (Lipinski definition) is 2. The monoisotopic (exact) mass is 251 g/mol. The Bertz CT molecular complexity index is 392. The summed E-state index contributed by atoms with van der Waals surface area (Å²) in [6.07, 6.45) is 4.94. The Morgan fingerprint density at radius 3 is 2.67 bits per heavy atom. The van der Waals surface area contributed by atoms with Gasteiger partial charge in [-0.2, -0.15) is 0 Å². The van der Waals surface area contributed by atoms with Crippen molar-refractivity contribution < 1.29 is 9.90 Å². The molecule has 18 heavy (non-hydrogen) atoms. The number of rotatable bonds is 7. The Labute approximate surface area is 108 Å². The fourth-order valence-corrected chi connectivity index (χ4v) is 2.09. The van der Waals surface area contributed by atoms with Crippen molar-refractivity contribution in [2.24, 2.45) is 5.92 Å². The van der Waals surface area contributed by atoms with E-state index in [0.717, 1.165) is 12.8 Å². The van der Waals surface area contributed by atoms with E-state index in [4.69, 9.17) is 5.11 Å². The summed E-state index contributed by atoms with van der Waals surface area (Å²) in [5.41, 5.74) is 0.706. The largest absolute Gasteiger partial charge is 0.478 e. The van der Waals surface area contributed by atoms with Gasteiger partial charge in [-0.1, -0.05) is 26.7 Å². The van der Waals surface area contributed by atoms with Gasteiger partial charge in [-0.3, -0.25) is 0 Å². The minimum absolute atomic E-state index is 0.168. The Morgan fingerprint density at radius 1 is 1.44 bits per heavy atom. The SMILES string of the molecule is CCC(CC)C(C)NCc1ncncc1C(=O)O. The molecule has 5 nitrogen and oxygen atoms in total. The van der Waals surface area contributed by atoms with Crippen LogP contribution in [0.3, 0.4) is 0 Å². The van der Waals surface area contributed by atoms with Gasteiger partial charge in [-0.05, 0) is 12.8 Å². The second-order valence-electron chi connectivity index (χ2n) is 4.43. The third-order valence-corrected chi connectivity index (χ3v) is 3.37. The lowest BCUT2D eigenvalue weighted by atomic mass is 9.95. The number of nitrogens with zero attached hydrogens (tertiary/aromatic N) is 2. The molecule has 1 rings (SSSR count). The summed E-state index contributed by atoms with van der Waals surface area (Å²) >= 11 is 0. The van der Waals surface area contributed by atoms with Gasteiger partial charge in [-0.25, -0.2) is 14.8 Å². The van der Waals surface area contributed by atoms with E-state index >= 15 is 0 Å². The van der Waals surface area contributed by atoms with Gasteiger partial charge in [-0.15, -0.1) is 0 Å². The number of aromatic nitrogens is 2. The number of nitrogens with one attached hydrogen (secondary N) is 1. The molecule has 0 spiro atoms. The van der Waals surface area contributed by atoms with E-state index in [1.54, 1.807) is 0 Å². The van der Waals surface area contributed by atoms with Crippen molar-refractivity contribution in [1.29, 1.82) is 0 Å². The van der Waals surface area contributed by atoms with Gasteiger partial charge >= 0.3 is 5.97 Å². The number of aromatic carboxylic acids is 1. The van der Waals surface area contributed by atoms with Crippen LogP contribution in [0.15, 0.2) is 12.5 Å². The van der Waals surface area contributed by atoms with E-state index in [9.17, 15) is 4.79 Å². The van der Waals surface area contributed by atoms with E-state index in [1.807, 2.05) is 0 Å². The first-order valence-electron chi connectivity index (χ1n) is 6.35. The molecular weight excluding hydrogens is 230 g/mol. The Hall–Kier alpha value is -1.49. The first-order valence-corrected chi connectivity index (χ1v) is 6.35. The number of carboxylic acids is 1. The highest BCUT2D eigenvalue weighted by Gasteiger charge is 2.15. The van der Waals surface area contributed by atoms with Gasteiger partial charge in [0.2, 0.25) is 0 Å². The summed E-state index contributed by atoms with van der Waals surface area (Å²) in [7, 11) is 0. The highest BCUT2D eigenvalue weighted by molar-refractivity contribution is 5.88. The fourth-order valence-electron chi connectivity index (χ4n) is 2.09. The maximum atomic E-state index is 11.0. The van der Waals surface area contributed by atoms with Crippen LogP contribution < -0.4 is 5.32 Å². The molecule has 0 aliphatic rings. The quantitative estimate of drug-likeness (QED) is 0.776. The molecule has 1 atom stereocenters. The molecule has 0 saturated carbocycles. The molecule has 1 unspecified atom stereocenters. The Morgan fingerprint density at radius 2 is 2.11 bits per heavy atom. The van der Waals surface area contributed by atoms with Crippen molar-refractivity contribution in [3.8, 4) is 0 Å². The zero-order chi connectivity index (χ0) is 13.5. The van der Waals surface area contributed by atoms with E-state index in [1.165, 1.54) is 12.5 Å². The van der Waals surface area contributed by atoms with E-state index in [0.29, 0.717) is 24.2 Å². The van der Waals surface area contributed by atoms with Crippen molar-refractivity contribution in [3.63, 3.8) is 0 Å². The summed E-state index contributed by atoms with van der Waals surface area (Å²) in [5.74, 6) is -0.386. The molecule has 0 saturated heterocycles. The first-order chi connectivity index (χ1) is 8.60. The molecule has 1 heterocycles. The van der Waals surface area contributed by atoms with Crippen LogP contribution in [-0.4, -0.2) is 27.1 Å². The van der Waals surface area contributed by atoms with Gasteiger partial charge in [0, 0.05) is 18.8 Å². The summed E-state index contributed by atoms with van der Waals surface area (Å²) in [6, 6.07) is 0.344. The van der Waals surface area contributed by atoms with E-state index < -0.39 is 5.97 Å². The van der Waals surface area contributed by atoms with Crippen molar-refractivity contribution in [2.75, 3.05) is 0 Å². The number of carbonyl (C=O) groups is 1. The van der Waals surface area contributed by atoms with E-state index in [2.05, 4.69) is 36.1 Å². The van der Waals surface area contributed by atoms with Gasteiger partial charge in [0.1, 0.15) is 11.9 Å². The van der Waals surface area contributed by atoms with Crippen LogP contribution in [0.25, 0.3) is 0 Å². The molecule has 0 amide bonds.